The molecule has 1 aliphatic heterocycles. The molecule has 0 spiro atoms. The number of thiazole rings is 1. The Morgan fingerprint density at radius 3 is 2.58 bits per heavy atom. The molecule has 1 saturated heterocycles. The lowest BCUT2D eigenvalue weighted by Crippen LogP contribution is -2.50. The molecular weight excluding hydrogens is 436 g/mol. The van der Waals surface area contributed by atoms with Crippen molar-refractivity contribution in [3.63, 3.8) is 0 Å². The van der Waals surface area contributed by atoms with Crippen LogP contribution in [0.5, 0.6) is 0 Å². The van der Waals surface area contributed by atoms with E-state index in [0.717, 1.165) is 27.4 Å². The number of carbonyl (C=O) groups excluding carboxylic acids is 2. The molecule has 3 heterocycles. The van der Waals surface area contributed by atoms with Crippen molar-refractivity contribution in [3.05, 3.63) is 46.1 Å². The van der Waals surface area contributed by atoms with E-state index in [9.17, 15) is 9.59 Å². The lowest BCUT2D eigenvalue weighted by molar-refractivity contribution is 0.0560. The molecule has 0 unspecified atom stereocenters. The molecule has 7 nitrogen and oxygen atoms in total. The summed E-state index contributed by atoms with van der Waals surface area (Å²) < 4.78 is 5.18. The van der Waals surface area contributed by atoms with Crippen LogP contribution in [0.15, 0.2) is 30.5 Å². The third-order valence-electron chi connectivity index (χ3n) is 5.13. The predicted molar refractivity (Wildman–Crippen MR) is 122 cm³/mol. The van der Waals surface area contributed by atoms with Crippen LogP contribution in [0.2, 0.25) is 5.02 Å². The van der Waals surface area contributed by atoms with E-state index in [-0.39, 0.29) is 12.0 Å². The Morgan fingerprint density at radius 2 is 1.90 bits per heavy atom. The number of pyridine rings is 1. The molecule has 4 rings (SSSR count). The van der Waals surface area contributed by atoms with Gasteiger partial charge in [-0.1, -0.05) is 24.6 Å². The molecule has 3 aromatic rings. The number of halogens is 1. The Labute approximate surface area is 189 Å². The van der Waals surface area contributed by atoms with Gasteiger partial charge in [0, 0.05) is 43.3 Å². The second-order valence-corrected chi connectivity index (χ2v) is 9.00. The van der Waals surface area contributed by atoms with Crippen LogP contribution < -0.4 is 0 Å². The summed E-state index contributed by atoms with van der Waals surface area (Å²) in [6.45, 7) is 6.15. The minimum absolute atomic E-state index is 0.0829. The molecule has 0 saturated carbocycles. The number of amides is 2. The van der Waals surface area contributed by atoms with Gasteiger partial charge < -0.3 is 14.5 Å². The fraction of sp³-hybridized carbons (Fsp3) is 0.364. The smallest absolute Gasteiger partial charge is 0.409 e. The van der Waals surface area contributed by atoms with Gasteiger partial charge in [0.15, 0.2) is 0 Å². The van der Waals surface area contributed by atoms with Gasteiger partial charge in [0.25, 0.3) is 5.91 Å². The maximum Gasteiger partial charge on any atom is 0.409 e. The van der Waals surface area contributed by atoms with Crippen LogP contribution in [0.3, 0.4) is 0 Å². The van der Waals surface area contributed by atoms with Crippen LogP contribution >= 0.6 is 22.9 Å². The molecule has 1 aliphatic rings. The molecule has 162 valence electrons. The summed E-state index contributed by atoms with van der Waals surface area (Å²) in [5, 5.41) is 2.34. The van der Waals surface area contributed by atoms with Crippen molar-refractivity contribution in [1.82, 2.24) is 19.8 Å². The summed E-state index contributed by atoms with van der Waals surface area (Å²) in [4.78, 5) is 38.4. The van der Waals surface area contributed by atoms with Crippen molar-refractivity contribution in [2.45, 2.75) is 20.3 Å². The van der Waals surface area contributed by atoms with Crippen molar-refractivity contribution in [2.75, 3.05) is 32.8 Å². The number of fused-ring (bicyclic) bond motifs is 1. The molecule has 1 fully saturated rings. The zero-order chi connectivity index (χ0) is 22.0. The molecule has 2 aromatic heterocycles. The van der Waals surface area contributed by atoms with Gasteiger partial charge >= 0.3 is 6.09 Å². The fourth-order valence-corrected chi connectivity index (χ4v) is 4.48. The summed E-state index contributed by atoms with van der Waals surface area (Å²) >= 11 is 8.03. The van der Waals surface area contributed by atoms with Crippen LogP contribution in [0, 0.1) is 6.92 Å². The Balaban J connectivity index is 1.52. The molecule has 2 amide bonds. The number of benzene rings is 1. The molecule has 0 radical (unpaired) electrons. The van der Waals surface area contributed by atoms with E-state index in [0.29, 0.717) is 48.9 Å². The Kier molecular flexibility index (Phi) is 6.38. The molecule has 9 heteroatoms. The Bertz CT molecular complexity index is 1130. The number of hydrogen-bond donors (Lipinski definition) is 0. The SMILES string of the molecule is CCCOC(=O)N1CCN(C(=O)c2ccc3c(Cl)cc(-c4cnc(C)s4)nc3c2)CC1. The van der Waals surface area contributed by atoms with E-state index in [1.54, 1.807) is 39.5 Å². The van der Waals surface area contributed by atoms with Gasteiger partial charge in [-0.15, -0.1) is 11.3 Å². The molecule has 0 atom stereocenters. The highest BCUT2D eigenvalue weighted by Gasteiger charge is 2.26. The summed E-state index contributed by atoms with van der Waals surface area (Å²) in [5.74, 6) is -0.0829. The van der Waals surface area contributed by atoms with Crippen LogP contribution in [-0.2, 0) is 4.74 Å². The zero-order valence-electron chi connectivity index (χ0n) is 17.4. The first-order valence-corrected chi connectivity index (χ1v) is 11.4. The van der Waals surface area contributed by atoms with Crippen molar-refractivity contribution in [3.8, 4) is 10.6 Å². The van der Waals surface area contributed by atoms with Gasteiger partial charge in [0.05, 0.1) is 32.7 Å². The molecule has 31 heavy (non-hydrogen) atoms. The van der Waals surface area contributed by atoms with E-state index >= 15 is 0 Å². The van der Waals surface area contributed by atoms with Crippen LogP contribution in [0.25, 0.3) is 21.5 Å². The number of piperazine rings is 1. The summed E-state index contributed by atoms with van der Waals surface area (Å²) in [7, 11) is 0. The van der Waals surface area contributed by atoms with E-state index in [4.69, 9.17) is 21.3 Å². The lowest BCUT2D eigenvalue weighted by atomic mass is 10.1. The summed E-state index contributed by atoms with van der Waals surface area (Å²) in [5.41, 5.74) is 1.96. The highest BCUT2D eigenvalue weighted by Crippen LogP contribution is 2.31. The molecule has 0 bridgehead atoms. The predicted octanol–water partition coefficient (Wildman–Crippen LogP) is 4.62. The minimum Gasteiger partial charge on any atom is -0.449 e. The highest BCUT2D eigenvalue weighted by atomic mass is 35.5. The Hall–Kier alpha value is -2.71. The first-order chi connectivity index (χ1) is 15.0. The van der Waals surface area contributed by atoms with Gasteiger partial charge in [-0.2, -0.15) is 0 Å². The van der Waals surface area contributed by atoms with E-state index in [1.165, 1.54) is 0 Å². The molecule has 1 aromatic carbocycles. The molecule has 0 N–H and O–H groups in total. The summed E-state index contributed by atoms with van der Waals surface area (Å²) in [6.07, 6.45) is 2.25. The standard InChI is InChI=1S/C22H23ClN4O3S/c1-3-10-30-22(29)27-8-6-26(7-9-27)21(28)15-4-5-16-17(23)12-19(25-18(16)11-15)20-13-24-14(2)31-20/h4-5,11-13H,3,6-10H2,1-2H3. The van der Waals surface area contributed by atoms with Gasteiger partial charge in [-0.3, -0.25) is 4.79 Å². The second-order valence-electron chi connectivity index (χ2n) is 7.36. The van der Waals surface area contributed by atoms with Crippen LogP contribution in [0.4, 0.5) is 4.79 Å². The minimum atomic E-state index is -0.315. The number of nitrogens with zero attached hydrogens (tertiary/aromatic N) is 4. The number of rotatable bonds is 4. The largest absolute Gasteiger partial charge is 0.449 e. The number of aryl methyl sites for hydroxylation is 1. The van der Waals surface area contributed by atoms with Crippen molar-refractivity contribution in [2.24, 2.45) is 0 Å². The average molecular weight is 459 g/mol. The molecule has 0 aliphatic carbocycles. The monoisotopic (exact) mass is 458 g/mol. The van der Waals surface area contributed by atoms with Gasteiger partial charge in [-0.25, -0.2) is 14.8 Å². The maximum atomic E-state index is 13.1. The third-order valence-corrected chi connectivity index (χ3v) is 6.38. The normalized spacial score (nSPS) is 14.2. The van der Waals surface area contributed by atoms with Crippen molar-refractivity contribution in [1.29, 1.82) is 0 Å². The number of hydrogen-bond acceptors (Lipinski definition) is 6. The third kappa shape index (κ3) is 4.65. The van der Waals surface area contributed by atoms with Gasteiger partial charge in [0.1, 0.15) is 0 Å². The number of carbonyl (C=O) groups is 2. The topological polar surface area (TPSA) is 75.6 Å². The number of aromatic nitrogens is 2. The van der Waals surface area contributed by atoms with Crippen LogP contribution in [-0.4, -0.2) is 64.6 Å². The first-order valence-electron chi connectivity index (χ1n) is 10.2. The van der Waals surface area contributed by atoms with E-state index in [1.807, 2.05) is 26.0 Å². The second kappa shape index (κ2) is 9.20. The fourth-order valence-electron chi connectivity index (χ4n) is 3.48. The maximum absolute atomic E-state index is 13.1. The lowest BCUT2D eigenvalue weighted by Gasteiger charge is -2.34. The average Bonchev–Trinajstić information content (AvgIpc) is 3.23. The van der Waals surface area contributed by atoms with Gasteiger partial charge in [0.2, 0.25) is 0 Å². The van der Waals surface area contributed by atoms with Crippen LogP contribution in [0.1, 0.15) is 28.7 Å². The summed E-state index contributed by atoms with van der Waals surface area (Å²) in [6, 6.07) is 7.21. The van der Waals surface area contributed by atoms with E-state index < -0.39 is 0 Å². The Morgan fingerprint density at radius 1 is 1.16 bits per heavy atom. The highest BCUT2D eigenvalue weighted by molar-refractivity contribution is 7.15. The first kappa shape index (κ1) is 21.5. The molecular formula is C22H23ClN4O3S. The van der Waals surface area contributed by atoms with E-state index in [2.05, 4.69) is 4.98 Å². The van der Waals surface area contributed by atoms with Gasteiger partial charge in [-0.05, 0) is 31.5 Å². The number of ether oxygens (including phenoxy) is 1. The van der Waals surface area contributed by atoms with Crippen molar-refractivity contribution >= 4 is 45.8 Å². The quantitative estimate of drug-likeness (QED) is 0.570. The van der Waals surface area contributed by atoms with Crippen molar-refractivity contribution < 1.29 is 14.3 Å². The zero-order valence-corrected chi connectivity index (χ0v) is 19.0.